The topological polar surface area (TPSA) is 54.5 Å². The Morgan fingerprint density at radius 3 is 2.62 bits per heavy atom. The van der Waals surface area contributed by atoms with E-state index >= 15 is 0 Å². The first-order chi connectivity index (χ1) is 9.99. The number of carbonyl (C=O) groups excluding carboxylic acids is 3. The first kappa shape index (κ1) is 14.4. The number of rotatable bonds is 3. The monoisotopic (exact) mass is 353 g/mol. The first-order valence-electron chi connectivity index (χ1n) is 6.87. The van der Waals surface area contributed by atoms with E-state index in [1.54, 1.807) is 0 Å². The molecule has 110 valence electrons. The molecule has 0 spiro atoms. The van der Waals surface area contributed by atoms with Crippen LogP contribution >= 0.6 is 15.9 Å². The maximum Gasteiger partial charge on any atom is 0.299 e. The molecule has 1 aromatic rings. The Morgan fingerprint density at radius 1 is 1.29 bits per heavy atom. The van der Waals surface area contributed by atoms with E-state index < -0.39 is 17.5 Å². The highest BCUT2D eigenvalue weighted by Gasteiger charge is 2.39. The Kier molecular flexibility index (Phi) is 3.65. The number of Topliss-reactive ketones (excluding diaryl/α,β-unsaturated/α-hetero) is 2. The van der Waals surface area contributed by atoms with Crippen LogP contribution in [0.3, 0.4) is 0 Å². The lowest BCUT2D eigenvalue weighted by atomic mass is 10.0. The molecule has 1 saturated carbocycles. The van der Waals surface area contributed by atoms with Gasteiger partial charge in [0.25, 0.3) is 11.7 Å². The van der Waals surface area contributed by atoms with Crippen molar-refractivity contribution in [2.45, 2.75) is 25.7 Å². The lowest BCUT2D eigenvalue weighted by Gasteiger charge is -2.19. The molecule has 1 aromatic carbocycles. The van der Waals surface area contributed by atoms with Gasteiger partial charge in [-0.1, -0.05) is 12.8 Å². The molecule has 0 unspecified atom stereocenters. The molecular formula is C15H13BrFNO3. The van der Waals surface area contributed by atoms with Gasteiger partial charge in [-0.2, -0.15) is 0 Å². The fourth-order valence-corrected chi connectivity index (χ4v) is 3.68. The highest BCUT2D eigenvalue weighted by Crippen LogP contribution is 2.37. The molecule has 1 aliphatic carbocycles. The number of fused-ring (bicyclic) bond motifs is 1. The zero-order chi connectivity index (χ0) is 15.1. The molecule has 6 heteroatoms. The molecule has 0 N–H and O–H groups in total. The molecule has 1 amide bonds. The second kappa shape index (κ2) is 5.33. The molecule has 0 aromatic heterocycles. The van der Waals surface area contributed by atoms with Gasteiger partial charge in [0.15, 0.2) is 5.78 Å². The van der Waals surface area contributed by atoms with Crippen LogP contribution in [0.5, 0.6) is 0 Å². The van der Waals surface area contributed by atoms with Crippen molar-refractivity contribution >= 4 is 39.1 Å². The first-order valence-corrected chi connectivity index (χ1v) is 7.66. The minimum absolute atomic E-state index is 0.0195. The number of amides is 1. The van der Waals surface area contributed by atoms with E-state index in [1.807, 2.05) is 0 Å². The maximum absolute atomic E-state index is 13.4. The molecule has 4 nitrogen and oxygen atoms in total. The third-order valence-corrected chi connectivity index (χ3v) is 4.71. The van der Waals surface area contributed by atoms with E-state index in [-0.39, 0.29) is 23.8 Å². The second-order valence-corrected chi connectivity index (χ2v) is 6.31. The highest BCUT2D eigenvalue weighted by molar-refractivity contribution is 9.10. The predicted molar refractivity (Wildman–Crippen MR) is 77.7 cm³/mol. The minimum Gasteiger partial charge on any atom is -0.297 e. The van der Waals surface area contributed by atoms with Gasteiger partial charge in [0.2, 0.25) is 0 Å². The Bertz CT molecular complexity index is 653. The zero-order valence-corrected chi connectivity index (χ0v) is 12.8. The second-order valence-electron chi connectivity index (χ2n) is 5.45. The van der Waals surface area contributed by atoms with Gasteiger partial charge in [0, 0.05) is 10.4 Å². The number of ketones is 2. The molecular weight excluding hydrogens is 341 g/mol. The van der Waals surface area contributed by atoms with Crippen molar-refractivity contribution in [1.29, 1.82) is 0 Å². The zero-order valence-electron chi connectivity index (χ0n) is 11.2. The Labute approximate surface area is 129 Å². The molecule has 0 radical (unpaired) electrons. The third-order valence-electron chi connectivity index (χ3n) is 4.11. The molecule has 0 bridgehead atoms. The molecule has 21 heavy (non-hydrogen) atoms. The van der Waals surface area contributed by atoms with E-state index in [0.29, 0.717) is 10.2 Å². The molecule has 1 heterocycles. The largest absolute Gasteiger partial charge is 0.299 e. The van der Waals surface area contributed by atoms with Gasteiger partial charge in [-0.25, -0.2) is 4.39 Å². The third kappa shape index (κ3) is 2.41. The van der Waals surface area contributed by atoms with Crippen molar-refractivity contribution in [1.82, 2.24) is 0 Å². The molecule has 1 fully saturated rings. The van der Waals surface area contributed by atoms with Gasteiger partial charge in [-0.3, -0.25) is 19.3 Å². The lowest BCUT2D eigenvalue weighted by molar-refractivity contribution is -0.123. The minimum atomic E-state index is -0.761. The summed E-state index contributed by atoms with van der Waals surface area (Å²) in [5, 5.41) is 0. The Morgan fingerprint density at radius 2 is 1.95 bits per heavy atom. The van der Waals surface area contributed by atoms with Crippen molar-refractivity contribution in [2.75, 3.05) is 11.4 Å². The van der Waals surface area contributed by atoms with Crippen LogP contribution < -0.4 is 4.90 Å². The summed E-state index contributed by atoms with van der Waals surface area (Å²) >= 11 is 3.17. The molecule has 0 atom stereocenters. The summed E-state index contributed by atoms with van der Waals surface area (Å²) in [6, 6.07) is 2.23. The van der Waals surface area contributed by atoms with Crippen LogP contribution in [0, 0.1) is 11.7 Å². The summed E-state index contributed by atoms with van der Waals surface area (Å²) in [6.45, 7) is -0.119. The van der Waals surface area contributed by atoms with Crippen LogP contribution in [0.25, 0.3) is 0 Å². The van der Waals surface area contributed by atoms with Crippen LogP contribution in [0.15, 0.2) is 16.6 Å². The predicted octanol–water partition coefficient (Wildman–Crippen LogP) is 2.88. The average molecular weight is 354 g/mol. The number of anilines is 1. The number of hydrogen-bond acceptors (Lipinski definition) is 3. The smallest absolute Gasteiger partial charge is 0.297 e. The van der Waals surface area contributed by atoms with Crippen LogP contribution in [0.2, 0.25) is 0 Å². The number of benzene rings is 1. The van der Waals surface area contributed by atoms with Gasteiger partial charge in [0.1, 0.15) is 5.82 Å². The fourth-order valence-electron chi connectivity index (χ4n) is 3.04. The summed E-state index contributed by atoms with van der Waals surface area (Å²) in [5.41, 5.74) is 0.323. The summed E-state index contributed by atoms with van der Waals surface area (Å²) in [4.78, 5) is 37.4. The van der Waals surface area contributed by atoms with Crippen LogP contribution in [-0.2, 0) is 9.59 Å². The van der Waals surface area contributed by atoms with Crippen molar-refractivity contribution in [2.24, 2.45) is 5.92 Å². The van der Waals surface area contributed by atoms with Crippen LogP contribution in [0.1, 0.15) is 36.0 Å². The molecule has 0 saturated heterocycles. The van der Waals surface area contributed by atoms with Crippen molar-refractivity contribution < 1.29 is 18.8 Å². The SMILES string of the molecule is O=C1C(=O)N(CC(=O)C2CCCC2)c2c(Br)cc(F)cc21. The van der Waals surface area contributed by atoms with Crippen molar-refractivity contribution in [3.8, 4) is 0 Å². The lowest BCUT2D eigenvalue weighted by Crippen LogP contribution is -2.36. The van der Waals surface area contributed by atoms with Crippen molar-refractivity contribution in [3.05, 3.63) is 28.0 Å². The summed E-state index contributed by atoms with van der Waals surface area (Å²) < 4.78 is 13.7. The number of halogens is 2. The number of hydrogen-bond donors (Lipinski definition) is 0. The van der Waals surface area contributed by atoms with Gasteiger partial charge < -0.3 is 0 Å². The summed E-state index contributed by atoms with van der Waals surface area (Å²) in [7, 11) is 0. The van der Waals surface area contributed by atoms with E-state index in [9.17, 15) is 18.8 Å². The van der Waals surface area contributed by atoms with E-state index in [0.717, 1.165) is 31.7 Å². The van der Waals surface area contributed by atoms with Crippen LogP contribution in [-0.4, -0.2) is 24.0 Å². The van der Waals surface area contributed by atoms with Gasteiger partial charge in [-0.05, 0) is 40.9 Å². The molecule has 3 rings (SSSR count). The van der Waals surface area contributed by atoms with E-state index in [1.165, 1.54) is 11.0 Å². The number of carbonyl (C=O) groups is 3. The van der Waals surface area contributed by atoms with Gasteiger partial charge in [-0.15, -0.1) is 0 Å². The van der Waals surface area contributed by atoms with Crippen LogP contribution in [0.4, 0.5) is 10.1 Å². The normalized spacial score (nSPS) is 18.5. The highest BCUT2D eigenvalue weighted by atomic mass is 79.9. The fraction of sp³-hybridized carbons (Fsp3) is 0.400. The van der Waals surface area contributed by atoms with Gasteiger partial charge >= 0.3 is 0 Å². The maximum atomic E-state index is 13.4. The van der Waals surface area contributed by atoms with E-state index in [4.69, 9.17) is 0 Å². The van der Waals surface area contributed by atoms with Gasteiger partial charge in [0.05, 0.1) is 17.8 Å². The Hall–Kier alpha value is -1.56. The van der Waals surface area contributed by atoms with E-state index in [2.05, 4.69) is 15.9 Å². The summed E-state index contributed by atoms with van der Waals surface area (Å²) in [6.07, 6.45) is 3.72. The Balaban J connectivity index is 1.92. The summed E-state index contributed by atoms with van der Waals surface area (Å²) in [5.74, 6) is -2.17. The van der Waals surface area contributed by atoms with Crippen molar-refractivity contribution in [3.63, 3.8) is 0 Å². The number of nitrogens with zero attached hydrogens (tertiary/aromatic N) is 1. The molecule has 2 aliphatic rings. The molecule has 1 aliphatic heterocycles. The standard InChI is InChI=1S/C15H13BrFNO3/c16-11-6-9(17)5-10-13(11)18(15(21)14(10)20)7-12(19)8-3-1-2-4-8/h5-6,8H,1-4,7H2. The quantitative estimate of drug-likeness (QED) is 0.785. The average Bonchev–Trinajstić information content (AvgIpc) is 3.03.